The second-order valence-electron chi connectivity index (χ2n) is 4.74. The van der Waals surface area contributed by atoms with E-state index in [0.29, 0.717) is 18.2 Å². The Hall–Kier alpha value is -1.56. The first-order valence-corrected chi connectivity index (χ1v) is 5.74. The highest BCUT2D eigenvalue weighted by Gasteiger charge is 2.29. The van der Waals surface area contributed by atoms with Crippen LogP contribution in [0.25, 0.3) is 0 Å². The number of hydrogen-bond donors (Lipinski definition) is 2. The fourth-order valence-corrected chi connectivity index (χ4v) is 2.06. The van der Waals surface area contributed by atoms with Gasteiger partial charge in [-0.05, 0) is 18.8 Å². The monoisotopic (exact) mass is 238 g/mol. The third-order valence-corrected chi connectivity index (χ3v) is 3.12. The van der Waals surface area contributed by atoms with Gasteiger partial charge in [0.1, 0.15) is 6.54 Å². The van der Waals surface area contributed by atoms with Crippen LogP contribution in [0, 0.1) is 5.92 Å². The van der Waals surface area contributed by atoms with Crippen molar-refractivity contribution in [2.24, 2.45) is 5.92 Å². The third-order valence-electron chi connectivity index (χ3n) is 3.12. The van der Waals surface area contributed by atoms with Crippen LogP contribution >= 0.6 is 0 Å². The van der Waals surface area contributed by atoms with Crippen molar-refractivity contribution in [2.45, 2.75) is 25.5 Å². The van der Waals surface area contributed by atoms with Crippen molar-refractivity contribution < 1.29 is 9.90 Å². The summed E-state index contributed by atoms with van der Waals surface area (Å²) in [6, 6.07) is 0. The number of likely N-dealkylation sites (N-methyl/N-ethyl adjacent to an activating group) is 1. The van der Waals surface area contributed by atoms with Gasteiger partial charge in [-0.2, -0.15) is 5.10 Å². The van der Waals surface area contributed by atoms with Gasteiger partial charge in [0, 0.05) is 19.8 Å². The van der Waals surface area contributed by atoms with E-state index in [1.54, 1.807) is 18.1 Å². The van der Waals surface area contributed by atoms with Crippen molar-refractivity contribution in [1.29, 1.82) is 0 Å². The molecule has 1 saturated carbocycles. The van der Waals surface area contributed by atoms with Gasteiger partial charge in [0.2, 0.25) is 5.91 Å². The standard InChI is InChI=1S/C11H18N4O2/c1-14(5-8-2-10(16)3-8)11(17)7-15-6-9(12)4-13-15/h4,6,8,10,16H,2-3,5,7,12H2,1H3. The minimum absolute atomic E-state index is 0.00879. The third kappa shape index (κ3) is 2.97. The molecule has 3 N–H and O–H groups in total. The molecule has 17 heavy (non-hydrogen) atoms. The van der Waals surface area contributed by atoms with Gasteiger partial charge in [-0.1, -0.05) is 0 Å². The van der Waals surface area contributed by atoms with Crippen molar-refractivity contribution in [1.82, 2.24) is 14.7 Å². The number of amides is 1. The number of aromatic nitrogens is 2. The summed E-state index contributed by atoms with van der Waals surface area (Å²) in [5.74, 6) is 0.441. The number of aliphatic hydroxyl groups excluding tert-OH is 1. The lowest BCUT2D eigenvalue weighted by atomic mass is 9.82. The van der Waals surface area contributed by atoms with E-state index in [1.165, 1.54) is 10.9 Å². The van der Waals surface area contributed by atoms with Crippen LogP contribution in [0.3, 0.4) is 0 Å². The second kappa shape index (κ2) is 4.75. The van der Waals surface area contributed by atoms with Crippen LogP contribution in [-0.2, 0) is 11.3 Å². The largest absolute Gasteiger partial charge is 0.396 e. The molecule has 94 valence electrons. The Bertz CT molecular complexity index is 398. The van der Waals surface area contributed by atoms with Gasteiger partial charge < -0.3 is 15.7 Å². The van der Waals surface area contributed by atoms with E-state index < -0.39 is 0 Å². The zero-order valence-corrected chi connectivity index (χ0v) is 9.91. The van der Waals surface area contributed by atoms with Gasteiger partial charge in [0.15, 0.2) is 0 Å². The fourth-order valence-electron chi connectivity index (χ4n) is 2.06. The molecule has 1 aromatic heterocycles. The minimum Gasteiger partial charge on any atom is -0.396 e. The van der Waals surface area contributed by atoms with Gasteiger partial charge in [0.25, 0.3) is 0 Å². The topological polar surface area (TPSA) is 84.4 Å². The summed E-state index contributed by atoms with van der Waals surface area (Å²) in [5.41, 5.74) is 6.08. The van der Waals surface area contributed by atoms with E-state index in [4.69, 9.17) is 5.73 Å². The quantitative estimate of drug-likeness (QED) is 0.754. The molecule has 0 bridgehead atoms. The lowest BCUT2D eigenvalue weighted by Crippen LogP contribution is -2.40. The maximum atomic E-state index is 11.8. The molecule has 0 aliphatic heterocycles. The summed E-state index contributed by atoms with van der Waals surface area (Å²) in [4.78, 5) is 13.5. The molecule has 1 fully saturated rings. The molecule has 1 heterocycles. The van der Waals surface area contributed by atoms with Gasteiger partial charge in [-0.15, -0.1) is 0 Å². The Morgan fingerprint density at radius 3 is 2.94 bits per heavy atom. The Kier molecular flexibility index (Phi) is 3.33. The summed E-state index contributed by atoms with van der Waals surface area (Å²) in [7, 11) is 1.78. The minimum atomic E-state index is -0.172. The van der Waals surface area contributed by atoms with Crippen LogP contribution in [0.4, 0.5) is 5.69 Å². The average Bonchev–Trinajstić information content (AvgIpc) is 2.61. The molecule has 0 aromatic carbocycles. The predicted molar refractivity (Wildman–Crippen MR) is 63.0 cm³/mol. The number of carbonyl (C=O) groups excluding carboxylic acids is 1. The van der Waals surface area contributed by atoms with E-state index in [-0.39, 0.29) is 18.6 Å². The SMILES string of the molecule is CN(CC1CC(O)C1)C(=O)Cn1cc(N)cn1. The van der Waals surface area contributed by atoms with Gasteiger partial charge in [-0.25, -0.2) is 0 Å². The maximum Gasteiger partial charge on any atom is 0.244 e. The number of rotatable bonds is 4. The van der Waals surface area contributed by atoms with Gasteiger partial charge in [0.05, 0.1) is 18.0 Å². The molecule has 2 rings (SSSR count). The molecule has 0 unspecified atom stereocenters. The second-order valence-corrected chi connectivity index (χ2v) is 4.74. The molecule has 1 aliphatic carbocycles. The van der Waals surface area contributed by atoms with E-state index in [0.717, 1.165) is 12.8 Å². The van der Waals surface area contributed by atoms with Crippen molar-refractivity contribution >= 4 is 11.6 Å². The summed E-state index contributed by atoms with van der Waals surface area (Å²) < 4.78 is 1.53. The molecule has 6 heteroatoms. The zero-order chi connectivity index (χ0) is 12.4. The van der Waals surface area contributed by atoms with Crippen molar-refractivity contribution in [3.05, 3.63) is 12.4 Å². The maximum absolute atomic E-state index is 11.8. The highest BCUT2D eigenvalue weighted by molar-refractivity contribution is 5.75. The smallest absolute Gasteiger partial charge is 0.244 e. The molecule has 1 amide bonds. The molecule has 0 atom stereocenters. The molecule has 0 spiro atoms. The highest BCUT2D eigenvalue weighted by atomic mass is 16.3. The zero-order valence-electron chi connectivity index (χ0n) is 9.91. The van der Waals surface area contributed by atoms with Crippen LogP contribution in [0.15, 0.2) is 12.4 Å². The van der Waals surface area contributed by atoms with Crippen LogP contribution in [0.2, 0.25) is 0 Å². The summed E-state index contributed by atoms with van der Waals surface area (Å²) in [5, 5.41) is 13.1. The van der Waals surface area contributed by atoms with Crippen molar-refractivity contribution in [3.63, 3.8) is 0 Å². The van der Waals surface area contributed by atoms with E-state index >= 15 is 0 Å². The predicted octanol–water partition coefficient (Wildman–Crippen LogP) is -0.305. The summed E-state index contributed by atoms with van der Waals surface area (Å²) >= 11 is 0. The molecule has 0 saturated heterocycles. The molecule has 6 nitrogen and oxygen atoms in total. The first kappa shape index (κ1) is 11.9. The Labute approximate surface area is 100 Å². The molecular formula is C11H18N4O2. The van der Waals surface area contributed by atoms with Crippen LogP contribution in [0.1, 0.15) is 12.8 Å². The average molecular weight is 238 g/mol. The lowest BCUT2D eigenvalue weighted by molar-refractivity contribution is -0.132. The Morgan fingerprint density at radius 1 is 1.71 bits per heavy atom. The molecule has 1 aromatic rings. The highest BCUT2D eigenvalue weighted by Crippen LogP contribution is 2.27. The van der Waals surface area contributed by atoms with Crippen LogP contribution in [-0.4, -0.2) is 45.4 Å². The normalized spacial score (nSPS) is 23.2. The summed E-state index contributed by atoms with van der Waals surface area (Å²) in [6.45, 7) is 0.912. The number of nitrogens with zero attached hydrogens (tertiary/aromatic N) is 3. The first-order valence-electron chi connectivity index (χ1n) is 5.74. The van der Waals surface area contributed by atoms with E-state index in [1.807, 2.05) is 0 Å². The van der Waals surface area contributed by atoms with Gasteiger partial charge in [-0.3, -0.25) is 9.48 Å². The Morgan fingerprint density at radius 2 is 2.41 bits per heavy atom. The first-order chi connectivity index (χ1) is 8.04. The number of aliphatic hydroxyl groups is 1. The number of anilines is 1. The lowest BCUT2D eigenvalue weighted by Gasteiger charge is -2.34. The van der Waals surface area contributed by atoms with Crippen molar-refractivity contribution in [2.75, 3.05) is 19.3 Å². The van der Waals surface area contributed by atoms with Crippen molar-refractivity contribution in [3.8, 4) is 0 Å². The fraction of sp³-hybridized carbons (Fsp3) is 0.636. The van der Waals surface area contributed by atoms with Crippen LogP contribution in [0.5, 0.6) is 0 Å². The number of hydrogen-bond acceptors (Lipinski definition) is 4. The number of carbonyl (C=O) groups is 1. The van der Waals surface area contributed by atoms with E-state index in [2.05, 4.69) is 5.10 Å². The molecule has 1 aliphatic rings. The number of nitrogen functional groups attached to an aromatic ring is 1. The summed E-state index contributed by atoms with van der Waals surface area (Å²) in [6.07, 6.45) is 4.59. The molecule has 0 radical (unpaired) electrons. The van der Waals surface area contributed by atoms with E-state index in [9.17, 15) is 9.90 Å². The van der Waals surface area contributed by atoms with Crippen LogP contribution < -0.4 is 5.73 Å². The Balaban J connectivity index is 1.79. The van der Waals surface area contributed by atoms with Gasteiger partial charge >= 0.3 is 0 Å². The number of nitrogens with two attached hydrogens (primary N) is 1. The molecular weight excluding hydrogens is 220 g/mol.